The second-order valence-corrected chi connectivity index (χ2v) is 5.43. The van der Waals surface area contributed by atoms with Crippen LogP contribution in [-0.2, 0) is 7.05 Å². The average Bonchev–Trinajstić information content (AvgIpc) is 2.72. The van der Waals surface area contributed by atoms with Gasteiger partial charge in [-0.25, -0.2) is 0 Å². The van der Waals surface area contributed by atoms with Crippen LogP contribution in [0.4, 0.5) is 0 Å². The smallest absolute Gasteiger partial charge is 0.253 e. The van der Waals surface area contributed by atoms with Crippen molar-refractivity contribution in [2.45, 2.75) is 24.9 Å². The van der Waals surface area contributed by atoms with Gasteiger partial charge >= 0.3 is 0 Å². The van der Waals surface area contributed by atoms with Crippen molar-refractivity contribution in [3.05, 3.63) is 36.0 Å². The molecule has 1 fully saturated rings. The fourth-order valence-corrected chi connectivity index (χ4v) is 2.62. The van der Waals surface area contributed by atoms with Crippen molar-refractivity contribution < 1.29 is 9.90 Å². The van der Waals surface area contributed by atoms with E-state index < -0.39 is 5.60 Å². The molecule has 0 atom stereocenters. The summed E-state index contributed by atoms with van der Waals surface area (Å²) in [7, 11) is 1.93. The topological polar surface area (TPSA) is 54.3 Å². The van der Waals surface area contributed by atoms with Gasteiger partial charge < -0.3 is 15.0 Å². The van der Waals surface area contributed by atoms with Gasteiger partial charge in [-0.15, -0.1) is 0 Å². The molecule has 1 aromatic carbocycles. The summed E-state index contributed by atoms with van der Waals surface area (Å²) >= 11 is 0. The average molecular weight is 258 g/mol. The van der Waals surface area contributed by atoms with Gasteiger partial charge in [-0.3, -0.25) is 4.79 Å². The zero-order chi connectivity index (χ0) is 13.5. The standard InChI is InChI=1S/C15H18N2O2/c1-17-9-12(11-5-2-3-6-13(11)17)14(18)16-10-15(19)7-4-8-15/h2-3,5-6,9,19H,4,7-8,10H2,1H3,(H,16,18). The minimum Gasteiger partial charge on any atom is -0.388 e. The number of amides is 1. The Morgan fingerprint density at radius 3 is 2.84 bits per heavy atom. The number of carbonyl (C=O) groups is 1. The molecule has 2 N–H and O–H groups in total. The SMILES string of the molecule is Cn1cc(C(=O)NCC2(O)CCC2)c2ccccc21. The summed E-state index contributed by atoms with van der Waals surface area (Å²) in [6.45, 7) is 0.342. The highest BCUT2D eigenvalue weighted by molar-refractivity contribution is 6.06. The number of rotatable bonds is 3. The molecule has 4 nitrogen and oxygen atoms in total. The number of hydrogen-bond donors (Lipinski definition) is 2. The predicted octanol–water partition coefficient (Wildman–Crippen LogP) is 1.82. The zero-order valence-electron chi connectivity index (χ0n) is 11.0. The molecule has 0 unspecified atom stereocenters. The van der Waals surface area contributed by atoms with E-state index in [1.807, 2.05) is 42.1 Å². The normalized spacial score (nSPS) is 17.2. The van der Waals surface area contributed by atoms with E-state index >= 15 is 0 Å². The lowest BCUT2D eigenvalue weighted by atomic mass is 9.80. The van der Waals surface area contributed by atoms with E-state index in [1.54, 1.807) is 0 Å². The molecule has 0 bridgehead atoms. The van der Waals surface area contributed by atoms with Crippen LogP contribution < -0.4 is 5.32 Å². The maximum Gasteiger partial charge on any atom is 0.253 e. The molecule has 1 aliphatic rings. The van der Waals surface area contributed by atoms with Crippen LogP contribution in [0.15, 0.2) is 30.5 Å². The third-order valence-electron chi connectivity index (χ3n) is 4.00. The summed E-state index contributed by atoms with van der Waals surface area (Å²) in [5.74, 6) is -0.114. The minimum atomic E-state index is -0.680. The Hall–Kier alpha value is -1.81. The molecule has 1 amide bonds. The molecule has 1 aliphatic carbocycles. The molecular formula is C15H18N2O2. The Kier molecular flexibility index (Phi) is 2.82. The van der Waals surface area contributed by atoms with Crippen LogP contribution in [0.25, 0.3) is 10.9 Å². The van der Waals surface area contributed by atoms with E-state index in [4.69, 9.17) is 0 Å². The molecular weight excluding hydrogens is 240 g/mol. The number of aliphatic hydroxyl groups is 1. The van der Waals surface area contributed by atoms with Gasteiger partial charge in [0.25, 0.3) is 5.91 Å². The van der Waals surface area contributed by atoms with E-state index in [0.717, 1.165) is 30.2 Å². The van der Waals surface area contributed by atoms with Crippen LogP contribution in [0.1, 0.15) is 29.6 Å². The summed E-state index contributed by atoms with van der Waals surface area (Å²) < 4.78 is 1.95. The third kappa shape index (κ3) is 2.12. The van der Waals surface area contributed by atoms with Gasteiger partial charge in [0.15, 0.2) is 0 Å². The third-order valence-corrected chi connectivity index (χ3v) is 4.00. The van der Waals surface area contributed by atoms with Gasteiger partial charge in [0.1, 0.15) is 0 Å². The molecule has 1 saturated carbocycles. The Balaban J connectivity index is 1.81. The largest absolute Gasteiger partial charge is 0.388 e. The van der Waals surface area contributed by atoms with Crippen molar-refractivity contribution in [3.63, 3.8) is 0 Å². The van der Waals surface area contributed by atoms with Gasteiger partial charge in [-0.1, -0.05) is 18.2 Å². The summed E-state index contributed by atoms with van der Waals surface area (Å²) in [6.07, 6.45) is 4.44. The Morgan fingerprint density at radius 1 is 1.42 bits per heavy atom. The molecule has 4 heteroatoms. The van der Waals surface area contributed by atoms with Crippen LogP contribution in [0.5, 0.6) is 0 Å². The highest BCUT2D eigenvalue weighted by Gasteiger charge is 2.34. The maximum atomic E-state index is 12.2. The number of benzene rings is 1. The molecule has 1 aromatic heterocycles. The van der Waals surface area contributed by atoms with E-state index in [2.05, 4.69) is 5.32 Å². The Morgan fingerprint density at radius 2 is 2.16 bits per heavy atom. The van der Waals surface area contributed by atoms with Gasteiger partial charge in [0, 0.05) is 30.7 Å². The number of para-hydroxylation sites is 1. The van der Waals surface area contributed by atoms with Crippen LogP contribution in [0.2, 0.25) is 0 Å². The molecule has 0 aliphatic heterocycles. The summed E-state index contributed by atoms with van der Waals surface area (Å²) in [5, 5.41) is 13.8. The van der Waals surface area contributed by atoms with Crippen molar-refractivity contribution in [1.82, 2.24) is 9.88 Å². The number of nitrogens with one attached hydrogen (secondary N) is 1. The number of aromatic nitrogens is 1. The molecule has 2 aromatic rings. The molecule has 3 rings (SSSR count). The summed E-state index contributed by atoms with van der Waals surface area (Å²) in [5.41, 5.74) is 1.02. The second-order valence-electron chi connectivity index (χ2n) is 5.43. The van der Waals surface area contributed by atoms with Crippen molar-refractivity contribution in [1.29, 1.82) is 0 Å². The van der Waals surface area contributed by atoms with Crippen LogP contribution >= 0.6 is 0 Å². The van der Waals surface area contributed by atoms with Crippen LogP contribution in [-0.4, -0.2) is 27.7 Å². The Bertz CT molecular complexity index is 626. The maximum absolute atomic E-state index is 12.2. The zero-order valence-corrected chi connectivity index (χ0v) is 11.0. The first-order valence-corrected chi connectivity index (χ1v) is 6.64. The van der Waals surface area contributed by atoms with Crippen LogP contribution in [0, 0.1) is 0 Å². The number of nitrogens with zero attached hydrogens (tertiary/aromatic N) is 1. The quantitative estimate of drug-likeness (QED) is 0.882. The first-order chi connectivity index (χ1) is 9.09. The van der Waals surface area contributed by atoms with Gasteiger partial charge in [0.2, 0.25) is 0 Å². The van der Waals surface area contributed by atoms with E-state index in [1.165, 1.54) is 0 Å². The molecule has 100 valence electrons. The van der Waals surface area contributed by atoms with Gasteiger partial charge in [-0.05, 0) is 25.3 Å². The molecule has 19 heavy (non-hydrogen) atoms. The Labute approximate surface area is 112 Å². The number of hydrogen-bond acceptors (Lipinski definition) is 2. The first kappa shape index (κ1) is 12.2. The van der Waals surface area contributed by atoms with Gasteiger partial charge in [0.05, 0.1) is 11.2 Å². The lowest BCUT2D eigenvalue weighted by Crippen LogP contribution is -2.47. The number of carbonyl (C=O) groups excluding carboxylic acids is 1. The van der Waals surface area contributed by atoms with E-state index in [0.29, 0.717) is 12.1 Å². The minimum absolute atomic E-state index is 0.114. The molecule has 1 heterocycles. The van der Waals surface area contributed by atoms with Crippen molar-refractivity contribution >= 4 is 16.8 Å². The van der Waals surface area contributed by atoms with Crippen LogP contribution in [0.3, 0.4) is 0 Å². The lowest BCUT2D eigenvalue weighted by molar-refractivity contribution is -0.0300. The summed E-state index contributed by atoms with van der Waals surface area (Å²) in [4.78, 5) is 12.2. The fourth-order valence-electron chi connectivity index (χ4n) is 2.62. The van der Waals surface area contributed by atoms with Gasteiger partial charge in [-0.2, -0.15) is 0 Å². The van der Waals surface area contributed by atoms with Crippen molar-refractivity contribution in [3.8, 4) is 0 Å². The highest BCUT2D eigenvalue weighted by atomic mass is 16.3. The monoisotopic (exact) mass is 258 g/mol. The lowest BCUT2D eigenvalue weighted by Gasteiger charge is -2.36. The van der Waals surface area contributed by atoms with Crippen molar-refractivity contribution in [2.24, 2.45) is 7.05 Å². The predicted molar refractivity (Wildman–Crippen MR) is 74.1 cm³/mol. The second kappa shape index (κ2) is 4.38. The number of fused-ring (bicyclic) bond motifs is 1. The summed E-state index contributed by atoms with van der Waals surface area (Å²) in [6, 6.07) is 7.83. The van der Waals surface area contributed by atoms with E-state index in [-0.39, 0.29) is 5.91 Å². The highest BCUT2D eigenvalue weighted by Crippen LogP contribution is 2.30. The molecule has 0 saturated heterocycles. The fraction of sp³-hybridized carbons (Fsp3) is 0.400. The molecule has 0 spiro atoms. The van der Waals surface area contributed by atoms with Crippen molar-refractivity contribution in [2.75, 3.05) is 6.54 Å². The first-order valence-electron chi connectivity index (χ1n) is 6.64. The molecule has 0 radical (unpaired) electrons. The van der Waals surface area contributed by atoms with E-state index in [9.17, 15) is 9.90 Å². The number of aryl methyl sites for hydroxylation is 1.